The predicted molar refractivity (Wildman–Crippen MR) is 83.0 cm³/mol. The normalized spacial score (nSPS) is 10.3. The molecule has 0 unspecified atom stereocenters. The molecule has 0 radical (unpaired) electrons. The van der Waals surface area contributed by atoms with Crippen LogP contribution in [0.1, 0.15) is 11.1 Å². The van der Waals surface area contributed by atoms with E-state index < -0.39 is 0 Å². The van der Waals surface area contributed by atoms with Crippen LogP contribution in [0, 0.1) is 6.92 Å². The van der Waals surface area contributed by atoms with Crippen LogP contribution in [-0.4, -0.2) is 12.5 Å². The van der Waals surface area contributed by atoms with Crippen LogP contribution in [0.3, 0.4) is 0 Å². The molecule has 0 spiro atoms. The van der Waals surface area contributed by atoms with Crippen LogP contribution in [0.2, 0.25) is 5.02 Å². The lowest BCUT2D eigenvalue weighted by Crippen LogP contribution is -2.27. The number of hydrogen-bond donors (Lipinski definition) is 2. The zero-order chi connectivity index (χ0) is 14.4. The zero-order valence-electron chi connectivity index (χ0n) is 11.3. The average Bonchev–Trinajstić information content (AvgIpc) is 2.44. The van der Waals surface area contributed by atoms with Gasteiger partial charge in [0.2, 0.25) is 5.91 Å². The van der Waals surface area contributed by atoms with Gasteiger partial charge in [-0.15, -0.1) is 0 Å². The van der Waals surface area contributed by atoms with Crippen LogP contribution in [0.5, 0.6) is 0 Å². The molecule has 0 heterocycles. The summed E-state index contributed by atoms with van der Waals surface area (Å²) in [6.45, 7) is 2.88. The maximum Gasteiger partial charge on any atom is 0.238 e. The van der Waals surface area contributed by atoms with Gasteiger partial charge in [0, 0.05) is 17.3 Å². The van der Waals surface area contributed by atoms with E-state index in [0.717, 1.165) is 16.8 Å². The van der Waals surface area contributed by atoms with Crippen molar-refractivity contribution >= 4 is 23.2 Å². The summed E-state index contributed by atoms with van der Waals surface area (Å²) in [5.41, 5.74) is 3.00. The van der Waals surface area contributed by atoms with E-state index in [1.165, 1.54) is 0 Å². The molecule has 2 aromatic carbocycles. The third-order valence-electron chi connectivity index (χ3n) is 2.95. The van der Waals surface area contributed by atoms with Crippen LogP contribution >= 0.6 is 11.6 Å². The van der Waals surface area contributed by atoms with E-state index in [4.69, 9.17) is 11.6 Å². The Bertz CT molecular complexity index is 581. The van der Waals surface area contributed by atoms with E-state index in [2.05, 4.69) is 10.6 Å². The molecule has 0 saturated heterocycles. The molecule has 20 heavy (non-hydrogen) atoms. The van der Waals surface area contributed by atoms with Crippen molar-refractivity contribution in [3.05, 3.63) is 64.7 Å². The van der Waals surface area contributed by atoms with Gasteiger partial charge in [-0.1, -0.05) is 41.9 Å². The molecule has 0 aliphatic carbocycles. The molecule has 2 rings (SSSR count). The van der Waals surface area contributed by atoms with Crippen LogP contribution in [-0.2, 0) is 11.3 Å². The fourth-order valence-electron chi connectivity index (χ4n) is 1.83. The number of rotatable bonds is 5. The van der Waals surface area contributed by atoms with Crippen molar-refractivity contribution in [1.82, 2.24) is 5.32 Å². The maximum absolute atomic E-state index is 11.8. The molecule has 2 aromatic rings. The zero-order valence-corrected chi connectivity index (χ0v) is 12.1. The van der Waals surface area contributed by atoms with Gasteiger partial charge in [-0.05, 0) is 36.2 Å². The van der Waals surface area contributed by atoms with Crippen molar-refractivity contribution in [3.63, 3.8) is 0 Å². The predicted octanol–water partition coefficient (Wildman–Crippen LogP) is 3.38. The summed E-state index contributed by atoms with van der Waals surface area (Å²) in [5, 5.41) is 6.70. The number of nitrogens with one attached hydrogen (secondary N) is 2. The van der Waals surface area contributed by atoms with Gasteiger partial charge in [-0.3, -0.25) is 4.79 Å². The van der Waals surface area contributed by atoms with Crippen molar-refractivity contribution in [2.24, 2.45) is 0 Å². The number of halogens is 1. The number of para-hydroxylation sites is 1. The van der Waals surface area contributed by atoms with E-state index in [1.54, 1.807) is 0 Å². The van der Waals surface area contributed by atoms with Gasteiger partial charge in [0.1, 0.15) is 0 Å². The monoisotopic (exact) mass is 288 g/mol. The van der Waals surface area contributed by atoms with Crippen molar-refractivity contribution in [1.29, 1.82) is 0 Å². The second-order valence-corrected chi connectivity index (χ2v) is 5.03. The Balaban J connectivity index is 1.78. The molecule has 0 bridgehead atoms. The summed E-state index contributed by atoms with van der Waals surface area (Å²) < 4.78 is 0. The molecule has 0 saturated carbocycles. The number of anilines is 1. The van der Waals surface area contributed by atoms with Crippen LogP contribution in [0.4, 0.5) is 5.69 Å². The van der Waals surface area contributed by atoms with Crippen LogP contribution < -0.4 is 10.6 Å². The largest absolute Gasteiger partial charge is 0.325 e. The molecular formula is C16H17ClN2O. The third-order valence-corrected chi connectivity index (χ3v) is 3.20. The Morgan fingerprint density at radius 3 is 2.50 bits per heavy atom. The first-order valence-electron chi connectivity index (χ1n) is 6.46. The van der Waals surface area contributed by atoms with Gasteiger partial charge < -0.3 is 10.6 Å². The van der Waals surface area contributed by atoms with E-state index >= 15 is 0 Å². The highest BCUT2D eigenvalue weighted by atomic mass is 35.5. The first kappa shape index (κ1) is 14.6. The summed E-state index contributed by atoms with van der Waals surface area (Å²) in [4.78, 5) is 11.8. The Hall–Kier alpha value is -1.84. The molecule has 4 heteroatoms. The first-order chi connectivity index (χ1) is 9.65. The lowest BCUT2D eigenvalue weighted by Gasteiger charge is -2.09. The van der Waals surface area contributed by atoms with Gasteiger partial charge in [0.05, 0.1) is 6.54 Å². The Morgan fingerprint density at radius 2 is 1.80 bits per heavy atom. The molecule has 2 N–H and O–H groups in total. The number of hydrogen-bond acceptors (Lipinski definition) is 2. The van der Waals surface area contributed by atoms with Crippen LogP contribution in [0.15, 0.2) is 48.5 Å². The highest BCUT2D eigenvalue weighted by Gasteiger charge is 2.03. The maximum atomic E-state index is 11.8. The van der Waals surface area contributed by atoms with Crippen LogP contribution in [0.25, 0.3) is 0 Å². The molecule has 0 aliphatic heterocycles. The minimum atomic E-state index is -0.0479. The lowest BCUT2D eigenvalue weighted by atomic mass is 10.2. The summed E-state index contributed by atoms with van der Waals surface area (Å²) in [5.74, 6) is -0.0479. The average molecular weight is 289 g/mol. The summed E-state index contributed by atoms with van der Waals surface area (Å²) >= 11 is 5.82. The molecule has 104 valence electrons. The molecule has 0 fully saturated rings. The van der Waals surface area contributed by atoms with Crippen molar-refractivity contribution in [2.45, 2.75) is 13.5 Å². The Morgan fingerprint density at radius 1 is 1.10 bits per heavy atom. The SMILES string of the molecule is Cc1ccccc1NC(=O)CNCc1ccc(Cl)cc1. The van der Waals surface area contributed by atoms with Gasteiger partial charge in [0.25, 0.3) is 0 Å². The number of benzene rings is 2. The standard InChI is InChI=1S/C16H17ClN2O/c1-12-4-2-3-5-15(12)19-16(20)11-18-10-13-6-8-14(17)9-7-13/h2-9,18H,10-11H2,1H3,(H,19,20). The third kappa shape index (κ3) is 4.37. The molecule has 3 nitrogen and oxygen atoms in total. The van der Waals surface area contributed by atoms with Crippen molar-refractivity contribution < 1.29 is 4.79 Å². The van der Waals surface area contributed by atoms with E-state index in [0.29, 0.717) is 11.6 Å². The van der Waals surface area contributed by atoms with Gasteiger partial charge in [-0.25, -0.2) is 0 Å². The van der Waals surface area contributed by atoms with E-state index in [9.17, 15) is 4.79 Å². The highest BCUT2D eigenvalue weighted by molar-refractivity contribution is 6.30. The van der Waals surface area contributed by atoms with Gasteiger partial charge >= 0.3 is 0 Å². The lowest BCUT2D eigenvalue weighted by molar-refractivity contribution is -0.115. The molecule has 0 aliphatic rings. The van der Waals surface area contributed by atoms with E-state index in [1.807, 2.05) is 55.5 Å². The number of carbonyl (C=O) groups is 1. The summed E-state index contributed by atoms with van der Waals surface area (Å²) in [6.07, 6.45) is 0. The topological polar surface area (TPSA) is 41.1 Å². The smallest absolute Gasteiger partial charge is 0.238 e. The van der Waals surface area contributed by atoms with E-state index in [-0.39, 0.29) is 12.5 Å². The molecule has 0 atom stereocenters. The fourth-order valence-corrected chi connectivity index (χ4v) is 1.96. The Labute approximate surface area is 124 Å². The second kappa shape index (κ2) is 7.08. The molecule has 1 amide bonds. The van der Waals surface area contributed by atoms with Gasteiger partial charge in [0.15, 0.2) is 0 Å². The molecule has 0 aromatic heterocycles. The van der Waals surface area contributed by atoms with Crippen molar-refractivity contribution in [2.75, 3.05) is 11.9 Å². The quantitative estimate of drug-likeness (QED) is 0.885. The fraction of sp³-hybridized carbons (Fsp3) is 0.188. The van der Waals surface area contributed by atoms with Gasteiger partial charge in [-0.2, -0.15) is 0 Å². The summed E-state index contributed by atoms with van der Waals surface area (Å²) in [6, 6.07) is 15.3. The Kier molecular flexibility index (Phi) is 5.16. The second-order valence-electron chi connectivity index (χ2n) is 4.59. The first-order valence-corrected chi connectivity index (χ1v) is 6.83. The number of carbonyl (C=O) groups excluding carboxylic acids is 1. The minimum absolute atomic E-state index is 0.0479. The van der Waals surface area contributed by atoms with Crippen molar-refractivity contribution in [3.8, 4) is 0 Å². The molecular weight excluding hydrogens is 272 g/mol. The highest BCUT2D eigenvalue weighted by Crippen LogP contribution is 2.12. The summed E-state index contributed by atoms with van der Waals surface area (Å²) in [7, 11) is 0. The minimum Gasteiger partial charge on any atom is -0.325 e. The number of amides is 1. The number of aryl methyl sites for hydroxylation is 1.